The highest BCUT2D eigenvalue weighted by Gasteiger charge is 2.60. The molecule has 3 nitrogen and oxygen atoms in total. The van der Waals surface area contributed by atoms with E-state index in [9.17, 15) is 9.90 Å². The van der Waals surface area contributed by atoms with Gasteiger partial charge in [-0.25, -0.2) is 0 Å². The first-order chi connectivity index (χ1) is 11.6. The minimum atomic E-state index is -0.564. The van der Waals surface area contributed by atoms with Gasteiger partial charge in [-0.2, -0.15) is 0 Å². The first-order valence-electron chi connectivity index (χ1n) is 9.67. The molecule has 4 bridgehead atoms. The largest absolute Gasteiger partial charge is 0.390 e. The van der Waals surface area contributed by atoms with Gasteiger partial charge in [0.1, 0.15) is 0 Å². The Kier molecular flexibility index (Phi) is 3.16. The zero-order valence-corrected chi connectivity index (χ0v) is 14.3. The van der Waals surface area contributed by atoms with Crippen LogP contribution in [0.25, 0.3) is 0 Å². The molecule has 1 aromatic carbocycles. The Balaban J connectivity index is 1.40. The topological polar surface area (TPSA) is 49.3 Å². The molecule has 2 unspecified atom stereocenters. The molecule has 0 aliphatic heterocycles. The van der Waals surface area contributed by atoms with E-state index in [2.05, 4.69) is 29.6 Å². The van der Waals surface area contributed by atoms with Gasteiger partial charge in [0.25, 0.3) is 0 Å². The van der Waals surface area contributed by atoms with Gasteiger partial charge in [-0.15, -0.1) is 0 Å². The van der Waals surface area contributed by atoms with Gasteiger partial charge in [-0.3, -0.25) is 4.79 Å². The van der Waals surface area contributed by atoms with Crippen molar-refractivity contribution in [3.05, 3.63) is 35.4 Å². The standard InChI is InChI=1S/C21H27NO2/c23-19(22-18-7-3-5-16-4-1-2-6-17(16)18)20-9-14-8-15(10-20)12-21(24,11-14)13-20/h1-2,4,6,14-15,18,24H,3,5,7-13H2,(H,22,23)/t14-,15+,18-,20?,21?/m1/s1. The third-order valence-corrected chi connectivity index (χ3v) is 7.19. The molecular formula is C21H27NO2. The van der Waals surface area contributed by atoms with Crippen LogP contribution in [-0.2, 0) is 11.2 Å². The zero-order valence-electron chi connectivity index (χ0n) is 14.3. The lowest BCUT2D eigenvalue weighted by molar-refractivity contribution is -0.178. The van der Waals surface area contributed by atoms with Crippen LogP contribution >= 0.6 is 0 Å². The maximum Gasteiger partial charge on any atom is 0.226 e. The van der Waals surface area contributed by atoms with Gasteiger partial charge in [0.2, 0.25) is 5.91 Å². The number of carbonyl (C=O) groups excluding carboxylic acids is 1. The molecule has 3 heteroatoms. The Hall–Kier alpha value is -1.35. The van der Waals surface area contributed by atoms with Crippen molar-refractivity contribution in [2.75, 3.05) is 0 Å². The molecule has 2 N–H and O–H groups in total. The Morgan fingerprint density at radius 3 is 2.62 bits per heavy atom. The minimum absolute atomic E-state index is 0.157. The number of aliphatic hydroxyl groups is 1. The molecule has 0 aromatic heterocycles. The normalized spacial score (nSPS) is 42.6. The monoisotopic (exact) mass is 325 g/mol. The molecule has 0 spiro atoms. The Morgan fingerprint density at radius 1 is 1.12 bits per heavy atom. The first-order valence-corrected chi connectivity index (χ1v) is 9.67. The number of hydrogen-bond acceptors (Lipinski definition) is 2. The van der Waals surface area contributed by atoms with E-state index in [4.69, 9.17) is 0 Å². The number of hydrogen-bond donors (Lipinski definition) is 2. The molecule has 128 valence electrons. The lowest BCUT2D eigenvalue weighted by atomic mass is 9.47. The maximum atomic E-state index is 13.3. The van der Waals surface area contributed by atoms with Gasteiger partial charge < -0.3 is 10.4 Å². The van der Waals surface area contributed by atoms with Crippen molar-refractivity contribution in [3.63, 3.8) is 0 Å². The molecule has 5 aliphatic rings. The molecule has 5 aliphatic carbocycles. The average Bonchev–Trinajstić information content (AvgIpc) is 2.53. The highest BCUT2D eigenvalue weighted by Crippen LogP contribution is 2.61. The highest BCUT2D eigenvalue weighted by atomic mass is 16.3. The molecular weight excluding hydrogens is 298 g/mol. The van der Waals surface area contributed by atoms with Gasteiger partial charge >= 0.3 is 0 Å². The van der Waals surface area contributed by atoms with E-state index < -0.39 is 5.60 Å². The maximum absolute atomic E-state index is 13.3. The molecule has 0 heterocycles. The second-order valence-electron chi connectivity index (χ2n) is 9.08. The summed E-state index contributed by atoms with van der Waals surface area (Å²) in [6.45, 7) is 0. The van der Waals surface area contributed by atoms with E-state index in [-0.39, 0.29) is 17.4 Å². The predicted molar refractivity (Wildman–Crippen MR) is 92.3 cm³/mol. The van der Waals surface area contributed by atoms with Crippen molar-refractivity contribution < 1.29 is 9.90 Å². The van der Waals surface area contributed by atoms with Crippen molar-refractivity contribution in [3.8, 4) is 0 Å². The zero-order chi connectivity index (χ0) is 16.4. The second kappa shape index (κ2) is 5.08. The van der Waals surface area contributed by atoms with Crippen LogP contribution in [0.2, 0.25) is 0 Å². The fraction of sp³-hybridized carbons (Fsp3) is 0.667. The van der Waals surface area contributed by atoms with Crippen LogP contribution in [0.4, 0.5) is 0 Å². The molecule has 4 fully saturated rings. The summed E-state index contributed by atoms with van der Waals surface area (Å²) >= 11 is 0. The number of fused-ring (bicyclic) bond motifs is 1. The van der Waals surface area contributed by atoms with Crippen molar-refractivity contribution in [2.24, 2.45) is 17.3 Å². The number of nitrogens with one attached hydrogen (secondary N) is 1. The van der Waals surface area contributed by atoms with Crippen LogP contribution in [-0.4, -0.2) is 16.6 Å². The van der Waals surface area contributed by atoms with Crippen LogP contribution in [0.5, 0.6) is 0 Å². The Labute approximate surface area is 143 Å². The van der Waals surface area contributed by atoms with Crippen LogP contribution in [0.3, 0.4) is 0 Å². The van der Waals surface area contributed by atoms with E-state index in [1.54, 1.807) is 0 Å². The van der Waals surface area contributed by atoms with Crippen molar-refractivity contribution in [1.29, 1.82) is 0 Å². The average molecular weight is 325 g/mol. The summed E-state index contributed by atoms with van der Waals surface area (Å²) in [6, 6.07) is 8.70. The minimum Gasteiger partial charge on any atom is -0.390 e. The fourth-order valence-corrected chi connectivity index (χ4v) is 6.70. The van der Waals surface area contributed by atoms with Crippen LogP contribution < -0.4 is 5.32 Å². The molecule has 1 aromatic rings. The second-order valence-corrected chi connectivity index (χ2v) is 9.08. The molecule has 5 atom stereocenters. The quantitative estimate of drug-likeness (QED) is 0.874. The molecule has 0 saturated heterocycles. The third-order valence-electron chi connectivity index (χ3n) is 7.19. The molecule has 4 saturated carbocycles. The smallest absolute Gasteiger partial charge is 0.226 e. The van der Waals surface area contributed by atoms with E-state index in [0.29, 0.717) is 18.3 Å². The number of carbonyl (C=O) groups is 1. The van der Waals surface area contributed by atoms with E-state index >= 15 is 0 Å². The summed E-state index contributed by atoms with van der Waals surface area (Å²) in [4.78, 5) is 13.3. The van der Waals surface area contributed by atoms with Gasteiger partial charge in [0, 0.05) is 0 Å². The first kappa shape index (κ1) is 14.9. The van der Waals surface area contributed by atoms with Gasteiger partial charge in [-0.1, -0.05) is 24.3 Å². The molecule has 24 heavy (non-hydrogen) atoms. The third kappa shape index (κ3) is 2.24. The van der Waals surface area contributed by atoms with E-state index in [1.807, 2.05) is 0 Å². The molecule has 6 rings (SSSR count). The van der Waals surface area contributed by atoms with Crippen LogP contribution in [0.1, 0.15) is 68.5 Å². The van der Waals surface area contributed by atoms with Gasteiger partial charge in [-0.05, 0) is 80.8 Å². The van der Waals surface area contributed by atoms with Gasteiger partial charge in [0.05, 0.1) is 17.1 Å². The molecule has 1 amide bonds. The summed E-state index contributed by atoms with van der Waals surface area (Å²) in [5.41, 5.74) is 1.83. The summed E-state index contributed by atoms with van der Waals surface area (Å²) in [5.74, 6) is 1.33. The number of aryl methyl sites for hydroxylation is 1. The van der Waals surface area contributed by atoms with Gasteiger partial charge in [0.15, 0.2) is 0 Å². The summed E-state index contributed by atoms with van der Waals surface area (Å²) in [7, 11) is 0. The predicted octanol–water partition coefficient (Wildman–Crippen LogP) is 3.51. The summed E-state index contributed by atoms with van der Waals surface area (Å²) in [6.07, 6.45) is 9.04. The number of rotatable bonds is 2. The Bertz CT molecular complexity index is 668. The van der Waals surface area contributed by atoms with Crippen LogP contribution in [0.15, 0.2) is 24.3 Å². The highest BCUT2D eigenvalue weighted by molar-refractivity contribution is 5.84. The lowest BCUT2D eigenvalue weighted by Gasteiger charge is -2.59. The van der Waals surface area contributed by atoms with Crippen molar-refractivity contribution in [1.82, 2.24) is 5.32 Å². The molecule has 0 radical (unpaired) electrons. The van der Waals surface area contributed by atoms with Crippen molar-refractivity contribution in [2.45, 2.75) is 69.4 Å². The fourth-order valence-electron chi connectivity index (χ4n) is 6.70. The van der Waals surface area contributed by atoms with E-state index in [0.717, 1.165) is 44.9 Å². The van der Waals surface area contributed by atoms with Crippen molar-refractivity contribution >= 4 is 5.91 Å². The Morgan fingerprint density at radius 2 is 1.88 bits per heavy atom. The van der Waals surface area contributed by atoms with E-state index in [1.165, 1.54) is 17.5 Å². The van der Waals surface area contributed by atoms with Crippen LogP contribution in [0, 0.1) is 17.3 Å². The number of amides is 1. The summed E-state index contributed by atoms with van der Waals surface area (Å²) in [5, 5.41) is 14.3. The SMILES string of the molecule is O=C(N[C@@H]1CCCc2ccccc21)C12C[C@@H]3C[C@@H](CC(O)(C3)C1)C2. The lowest BCUT2D eigenvalue weighted by Crippen LogP contribution is -2.60. The number of benzene rings is 1. The summed E-state index contributed by atoms with van der Waals surface area (Å²) < 4.78 is 0.